The third-order valence-corrected chi connectivity index (χ3v) is 3.00. The van der Waals surface area contributed by atoms with Crippen molar-refractivity contribution in [2.75, 3.05) is 13.2 Å². The summed E-state index contributed by atoms with van der Waals surface area (Å²) in [6.07, 6.45) is 2.74. The molecule has 0 bridgehead atoms. The molecule has 1 aromatic carbocycles. The fourth-order valence-electron chi connectivity index (χ4n) is 1.97. The minimum Gasteiger partial charge on any atom is -0.485 e. The van der Waals surface area contributed by atoms with Gasteiger partial charge in [0.25, 0.3) is 0 Å². The second-order valence-corrected chi connectivity index (χ2v) is 4.48. The summed E-state index contributed by atoms with van der Waals surface area (Å²) in [6.45, 7) is 0.773. The second kappa shape index (κ2) is 5.97. The SMILES string of the molecule is N=C(N)c1cc(F)c(OCC2CCCCO2)c(F)c1. The van der Waals surface area contributed by atoms with Crippen LogP contribution in [0.3, 0.4) is 0 Å². The zero-order chi connectivity index (χ0) is 13.8. The molecule has 0 aromatic heterocycles. The molecule has 2 rings (SSSR count). The van der Waals surface area contributed by atoms with Crippen molar-refractivity contribution in [3.05, 3.63) is 29.3 Å². The summed E-state index contributed by atoms with van der Waals surface area (Å²) in [5, 5.41) is 7.15. The van der Waals surface area contributed by atoms with Crippen LogP contribution in [0.5, 0.6) is 5.75 Å². The van der Waals surface area contributed by atoms with Gasteiger partial charge in [-0.1, -0.05) is 0 Å². The maximum atomic E-state index is 13.7. The molecule has 1 aliphatic heterocycles. The van der Waals surface area contributed by atoms with Crippen LogP contribution in [0.4, 0.5) is 8.78 Å². The molecule has 0 amide bonds. The fourth-order valence-corrected chi connectivity index (χ4v) is 1.97. The summed E-state index contributed by atoms with van der Waals surface area (Å²) in [5.41, 5.74) is 5.18. The molecule has 1 aromatic rings. The van der Waals surface area contributed by atoms with Crippen molar-refractivity contribution >= 4 is 5.84 Å². The van der Waals surface area contributed by atoms with Crippen LogP contribution in [-0.2, 0) is 4.74 Å². The highest BCUT2D eigenvalue weighted by Crippen LogP contribution is 2.24. The van der Waals surface area contributed by atoms with Crippen molar-refractivity contribution in [3.63, 3.8) is 0 Å². The minimum absolute atomic E-state index is 0.00346. The first-order valence-corrected chi connectivity index (χ1v) is 6.16. The van der Waals surface area contributed by atoms with E-state index in [0.717, 1.165) is 31.4 Å². The van der Waals surface area contributed by atoms with Gasteiger partial charge in [0.1, 0.15) is 12.4 Å². The van der Waals surface area contributed by atoms with Crippen LogP contribution >= 0.6 is 0 Å². The first-order chi connectivity index (χ1) is 9.08. The molecular formula is C13H16F2N2O2. The van der Waals surface area contributed by atoms with Gasteiger partial charge in [-0.15, -0.1) is 0 Å². The van der Waals surface area contributed by atoms with Crippen LogP contribution in [0.1, 0.15) is 24.8 Å². The quantitative estimate of drug-likeness (QED) is 0.651. The number of nitrogens with two attached hydrogens (primary N) is 1. The van der Waals surface area contributed by atoms with E-state index in [4.69, 9.17) is 20.6 Å². The Bertz CT molecular complexity index is 451. The molecule has 1 saturated heterocycles. The van der Waals surface area contributed by atoms with E-state index in [1.165, 1.54) is 0 Å². The number of hydrogen-bond acceptors (Lipinski definition) is 3. The highest BCUT2D eigenvalue weighted by Gasteiger charge is 2.18. The van der Waals surface area contributed by atoms with Crippen LogP contribution in [-0.4, -0.2) is 25.2 Å². The maximum Gasteiger partial charge on any atom is 0.190 e. The third-order valence-electron chi connectivity index (χ3n) is 3.00. The van der Waals surface area contributed by atoms with Crippen molar-refractivity contribution in [2.24, 2.45) is 5.73 Å². The van der Waals surface area contributed by atoms with E-state index < -0.39 is 17.4 Å². The Hall–Kier alpha value is -1.69. The Labute approximate surface area is 110 Å². The molecule has 4 nitrogen and oxygen atoms in total. The Kier molecular flexibility index (Phi) is 4.31. The molecule has 6 heteroatoms. The predicted octanol–water partition coefficient (Wildman–Crippen LogP) is 2.20. The van der Waals surface area contributed by atoms with Gasteiger partial charge in [-0.05, 0) is 31.4 Å². The molecule has 1 heterocycles. The number of rotatable bonds is 4. The zero-order valence-electron chi connectivity index (χ0n) is 10.4. The Morgan fingerprint density at radius 3 is 2.58 bits per heavy atom. The van der Waals surface area contributed by atoms with Crippen molar-refractivity contribution < 1.29 is 18.3 Å². The number of amidine groups is 1. The lowest BCUT2D eigenvalue weighted by Crippen LogP contribution is -2.26. The molecule has 1 aliphatic rings. The van der Waals surface area contributed by atoms with E-state index in [2.05, 4.69) is 0 Å². The molecule has 1 atom stereocenters. The second-order valence-electron chi connectivity index (χ2n) is 4.48. The normalized spacial score (nSPS) is 19.2. The molecule has 0 spiro atoms. The molecule has 1 unspecified atom stereocenters. The molecule has 3 N–H and O–H groups in total. The van der Waals surface area contributed by atoms with E-state index in [1.54, 1.807) is 0 Å². The first-order valence-electron chi connectivity index (χ1n) is 6.16. The molecule has 1 fully saturated rings. The topological polar surface area (TPSA) is 68.3 Å². The van der Waals surface area contributed by atoms with E-state index in [0.29, 0.717) is 6.61 Å². The van der Waals surface area contributed by atoms with Crippen LogP contribution in [0.2, 0.25) is 0 Å². The smallest absolute Gasteiger partial charge is 0.190 e. The highest BCUT2D eigenvalue weighted by molar-refractivity contribution is 5.95. The molecule has 0 radical (unpaired) electrons. The molecular weight excluding hydrogens is 254 g/mol. The summed E-state index contributed by atoms with van der Waals surface area (Å²) in [7, 11) is 0. The molecule has 0 saturated carbocycles. The lowest BCUT2D eigenvalue weighted by molar-refractivity contribution is -0.0124. The molecule has 104 valence electrons. The van der Waals surface area contributed by atoms with Crippen LogP contribution in [0, 0.1) is 17.0 Å². The summed E-state index contributed by atoms with van der Waals surface area (Å²) in [5.74, 6) is -2.55. The summed E-state index contributed by atoms with van der Waals surface area (Å²) in [4.78, 5) is 0. The van der Waals surface area contributed by atoms with E-state index >= 15 is 0 Å². The largest absolute Gasteiger partial charge is 0.485 e. The average Bonchev–Trinajstić information content (AvgIpc) is 2.38. The summed E-state index contributed by atoms with van der Waals surface area (Å²) < 4.78 is 37.9. The third kappa shape index (κ3) is 3.41. The zero-order valence-corrected chi connectivity index (χ0v) is 10.4. The van der Waals surface area contributed by atoms with Gasteiger partial charge in [0, 0.05) is 12.2 Å². The summed E-state index contributed by atoms with van der Waals surface area (Å²) in [6, 6.07) is 1.98. The van der Waals surface area contributed by atoms with Gasteiger partial charge in [-0.25, -0.2) is 8.78 Å². The van der Waals surface area contributed by atoms with Gasteiger partial charge in [-0.3, -0.25) is 5.41 Å². The number of halogens is 2. The lowest BCUT2D eigenvalue weighted by Gasteiger charge is -2.22. The highest BCUT2D eigenvalue weighted by atomic mass is 19.1. The van der Waals surface area contributed by atoms with Crippen molar-refractivity contribution in [1.82, 2.24) is 0 Å². The predicted molar refractivity (Wildman–Crippen MR) is 66.5 cm³/mol. The Morgan fingerprint density at radius 1 is 1.37 bits per heavy atom. The minimum atomic E-state index is -0.860. The number of ether oxygens (including phenoxy) is 2. The number of nitrogen functional groups attached to an aromatic ring is 1. The Morgan fingerprint density at radius 2 is 2.05 bits per heavy atom. The molecule has 0 aliphatic carbocycles. The number of nitrogens with one attached hydrogen (secondary N) is 1. The van der Waals surface area contributed by atoms with Gasteiger partial charge < -0.3 is 15.2 Å². The van der Waals surface area contributed by atoms with Crippen LogP contribution in [0.15, 0.2) is 12.1 Å². The van der Waals surface area contributed by atoms with Gasteiger partial charge in [-0.2, -0.15) is 0 Å². The number of hydrogen-bond donors (Lipinski definition) is 2. The average molecular weight is 270 g/mol. The first kappa shape index (κ1) is 13.7. The van der Waals surface area contributed by atoms with Gasteiger partial charge >= 0.3 is 0 Å². The van der Waals surface area contributed by atoms with Crippen molar-refractivity contribution in [3.8, 4) is 5.75 Å². The maximum absolute atomic E-state index is 13.7. The standard InChI is InChI=1S/C13H16F2N2O2/c14-10-5-8(13(16)17)6-11(15)12(10)19-7-9-3-1-2-4-18-9/h5-6,9H,1-4,7H2,(H3,16,17). The monoisotopic (exact) mass is 270 g/mol. The van der Waals surface area contributed by atoms with Crippen LogP contribution in [0.25, 0.3) is 0 Å². The van der Waals surface area contributed by atoms with Gasteiger partial charge in [0.05, 0.1) is 6.10 Å². The van der Waals surface area contributed by atoms with Crippen molar-refractivity contribution in [2.45, 2.75) is 25.4 Å². The van der Waals surface area contributed by atoms with E-state index in [-0.39, 0.29) is 24.1 Å². The lowest BCUT2D eigenvalue weighted by atomic mass is 10.1. The Balaban J connectivity index is 2.05. The van der Waals surface area contributed by atoms with Crippen molar-refractivity contribution in [1.29, 1.82) is 5.41 Å². The fraction of sp³-hybridized carbons (Fsp3) is 0.462. The van der Waals surface area contributed by atoms with E-state index in [1.807, 2.05) is 0 Å². The van der Waals surface area contributed by atoms with Crippen LogP contribution < -0.4 is 10.5 Å². The number of benzene rings is 1. The van der Waals surface area contributed by atoms with E-state index in [9.17, 15) is 8.78 Å². The van der Waals surface area contributed by atoms with Gasteiger partial charge in [0.2, 0.25) is 0 Å². The van der Waals surface area contributed by atoms with Gasteiger partial charge in [0.15, 0.2) is 17.4 Å². The summed E-state index contributed by atoms with van der Waals surface area (Å²) >= 11 is 0. The molecule has 19 heavy (non-hydrogen) atoms.